The second-order valence-electron chi connectivity index (χ2n) is 4.22. The summed E-state index contributed by atoms with van der Waals surface area (Å²) in [5.41, 5.74) is 0.702. The molecule has 1 nitrogen and oxygen atoms in total. The van der Waals surface area contributed by atoms with Crippen molar-refractivity contribution in [2.24, 2.45) is 11.3 Å². The van der Waals surface area contributed by atoms with Crippen LogP contribution in [0, 0.1) is 11.3 Å². The second kappa shape index (κ2) is 2.98. The maximum absolute atomic E-state index is 4.37. The van der Waals surface area contributed by atoms with E-state index in [4.69, 9.17) is 0 Å². The average Bonchev–Trinajstić information content (AvgIpc) is 2.62. The summed E-state index contributed by atoms with van der Waals surface area (Å²) in [7, 11) is 0. The van der Waals surface area contributed by atoms with E-state index in [0.717, 1.165) is 11.7 Å². The zero-order valence-corrected chi connectivity index (χ0v) is 7.87. The van der Waals surface area contributed by atoms with Crippen LogP contribution < -0.4 is 5.32 Å². The molecular weight excluding hydrogens is 154 g/mol. The van der Waals surface area contributed by atoms with Gasteiger partial charge in [0.2, 0.25) is 0 Å². The molecule has 1 aliphatic carbocycles. The van der Waals surface area contributed by atoms with Crippen LogP contribution in [0.4, 0.5) is 0 Å². The van der Waals surface area contributed by atoms with Gasteiger partial charge in [0.05, 0.1) is 0 Å². The van der Waals surface area contributed by atoms with Crippen LogP contribution in [0.1, 0.15) is 25.7 Å². The zero-order chi connectivity index (χ0) is 7.73. The molecule has 11 heavy (non-hydrogen) atoms. The maximum atomic E-state index is 4.37. The Bertz CT molecular complexity index is 140. The van der Waals surface area contributed by atoms with Gasteiger partial charge >= 0.3 is 0 Å². The molecule has 0 radical (unpaired) electrons. The molecule has 0 aromatic rings. The molecule has 1 saturated carbocycles. The van der Waals surface area contributed by atoms with E-state index in [1.807, 2.05) is 0 Å². The fourth-order valence-corrected chi connectivity index (χ4v) is 2.98. The van der Waals surface area contributed by atoms with Gasteiger partial charge in [-0.3, -0.25) is 0 Å². The molecule has 2 aliphatic rings. The normalized spacial score (nSPS) is 43.9. The van der Waals surface area contributed by atoms with Crippen LogP contribution in [0.15, 0.2) is 0 Å². The number of hydrogen-bond acceptors (Lipinski definition) is 2. The van der Waals surface area contributed by atoms with Gasteiger partial charge in [-0.1, -0.05) is 0 Å². The van der Waals surface area contributed by atoms with E-state index >= 15 is 0 Å². The Morgan fingerprint density at radius 3 is 2.91 bits per heavy atom. The highest BCUT2D eigenvalue weighted by molar-refractivity contribution is 7.80. The van der Waals surface area contributed by atoms with Crippen LogP contribution in [0.3, 0.4) is 0 Å². The highest BCUT2D eigenvalue weighted by Gasteiger charge is 2.40. The van der Waals surface area contributed by atoms with Crippen molar-refractivity contribution in [2.45, 2.75) is 25.7 Å². The van der Waals surface area contributed by atoms with E-state index < -0.39 is 0 Å². The third kappa shape index (κ3) is 1.43. The van der Waals surface area contributed by atoms with Crippen molar-refractivity contribution in [1.29, 1.82) is 0 Å². The van der Waals surface area contributed by atoms with Crippen LogP contribution in [-0.4, -0.2) is 18.8 Å². The van der Waals surface area contributed by atoms with E-state index in [-0.39, 0.29) is 0 Å². The van der Waals surface area contributed by atoms with Crippen LogP contribution >= 0.6 is 12.6 Å². The Labute approximate surface area is 74.4 Å². The van der Waals surface area contributed by atoms with Gasteiger partial charge in [-0.15, -0.1) is 0 Å². The lowest BCUT2D eigenvalue weighted by Gasteiger charge is -2.21. The summed E-state index contributed by atoms with van der Waals surface area (Å²) < 4.78 is 0. The van der Waals surface area contributed by atoms with Crippen molar-refractivity contribution in [3.63, 3.8) is 0 Å². The third-order valence-electron chi connectivity index (χ3n) is 3.39. The summed E-state index contributed by atoms with van der Waals surface area (Å²) in [5, 5.41) is 3.47. The maximum Gasteiger partial charge on any atom is 0.000840 e. The zero-order valence-electron chi connectivity index (χ0n) is 6.97. The number of thiol groups is 1. The second-order valence-corrected chi connectivity index (χ2v) is 4.58. The standard InChI is InChI=1S/C9H17NS/c11-6-8-1-2-9(5-8)3-4-10-7-9/h8,10-11H,1-7H2/t8-,9-/m1/s1. The lowest BCUT2D eigenvalue weighted by Crippen LogP contribution is -2.20. The van der Waals surface area contributed by atoms with Crippen molar-refractivity contribution < 1.29 is 0 Å². The molecule has 1 N–H and O–H groups in total. The van der Waals surface area contributed by atoms with Gasteiger partial charge in [0.1, 0.15) is 0 Å². The Balaban J connectivity index is 1.96. The Morgan fingerprint density at radius 2 is 2.36 bits per heavy atom. The Morgan fingerprint density at radius 1 is 1.45 bits per heavy atom. The van der Waals surface area contributed by atoms with E-state index in [0.29, 0.717) is 5.41 Å². The first kappa shape index (κ1) is 7.93. The highest BCUT2D eigenvalue weighted by atomic mass is 32.1. The van der Waals surface area contributed by atoms with Crippen LogP contribution in [0.2, 0.25) is 0 Å². The molecule has 1 heterocycles. The number of nitrogens with one attached hydrogen (secondary N) is 1. The van der Waals surface area contributed by atoms with E-state index in [1.54, 1.807) is 0 Å². The lowest BCUT2D eigenvalue weighted by molar-refractivity contribution is 0.325. The molecule has 0 aromatic carbocycles. The predicted octanol–water partition coefficient (Wildman–Crippen LogP) is 1.70. The van der Waals surface area contributed by atoms with Gasteiger partial charge < -0.3 is 5.32 Å². The largest absolute Gasteiger partial charge is 0.316 e. The van der Waals surface area contributed by atoms with Crippen molar-refractivity contribution in [3.05, 3.63) is 0 Å². The minimum atomic E-state index is 0.702. The van der Waals surface area contributed by atoms with E-state index in [9.17, 15) is 0 Å². The molecule has 64 valence electrons. The fourth-order valence-electron chi connectivity index (χ4n) is 2.67. The van der Waals surface area contributed by atoms with E-state index in [1.165, 1.54) is 38.8 Å². The first-order chi connectivity index (χ1) is 5.35. The van der Waals surface area contributed by atoms with Crippen LogP contribution in [0.5, 0.6) is 0 Å². The molecule has 1 aliphatic heterocycles. The monoisotopic (exact) mass is 171 g/mol. The van der Waals surface area contributed by atoms with Gasteiger partial charge in [-0.25, -0.2) is 0 Å². The van der Waals surface area contributed by atoms with Gasteiger partial charge in [0.25, 0.3) is 0 Å². The molecule has 2 rings (SSSR count). The summed E-state index contributed by atoms with van der Waals surface area (Å²) in [6.07, 6.45) is 5.72. The third-order valence-corrected chi connectivity index (χ3v) is 3.91. The first-order valence-electron chi connectivity index (χ1n) is 4.66. The molecular formula is C9H17NS. The van der Waals surface area contributed by atoms with Gasteiger partial charge in [0, 0.05) is 6.54 Å². The minimum Gasteiger partial charge on any atom is -0.316 e. The van der Waals surface area contributed by atoms with Gasteiger partial charge in [0.15, 0.2) is 0 Å². The summed E-state index contributed by atoms with van der Waals surface area (Å²) in [6.45, 7) is 2.52. The Hall–Kier alpha value is 0.310. The molecule has 2 fully saturated rings. The highest BCUT2D eigenvalue weighted by Crippen LogP contribution is 2.45. The average molecular weight is 171 g/mol. The van der Waals surface area contributed by atoms with Crippen molar-refractivity contribution in [3.8, 4) is 0 Å². The molecule has 0 amide bonds. The van der Waals surface area contributed by atoms with Crippen molar-refractivity contribution in [2.75, 3.05) is 18.8 Å². The molecule has 0 aromatic heterocycles. The topological polar surface area (TPSA) is 12.0 Å². The predicted molar refractivity (Wildman–Crippen MR) is 51.1 cm³/mol. The smallest absolute Gasteiger partial charge is 0.000840 e. The molecule has 2 atom stereocenters. The summed E-state index contributed by atoms with van der Waals surface area (Å²) >= 11 is 4.37. The summed E-state index contributed by atoms with van der Waals surface area (Å²) in [4.78, 5) is 0. The van der Waals surface area contributed by atoms with Crippen molar-refractivity contribution >= 4 is 12.6 Å². The van der Waals surface area contributed by atoms with Crippen LogP contribution in [-0.2, 0) is 0 Å². The van der Waals surface area contributed by atoms with Crippen molar-refractivity contribution in [1.82, 2.24) is 5.32 Å². The minimum absolute atomic E-state index is 0.702. The van der Waals surface area contributed by atoms with E-state index in [2.05, 4.69) is 17.9 Å². The van der Waals surface area contributed by atoms with Crippen LogP contribution in [0.25, 0.3) is 0 Å². The molecule has 1 saturated heterocycles. The molecule has 2 heteroatoms. The Kier molecular flexibility index (Phi) is 2.15. The van der Waals surface area contributed by atoms with Gasteiger partial charge in [-0.05, 0) is 49.3 Å². The first-order valence-corrected chi connectivity index (χ1v) is 5.29. The summed E-state index contributed by atoms with van der Waals surface area (Å²) in [5.74, 6) is 2.01. The summed E-state index contributed by atoms with van der Waals surface area (Å²) in [6, 6.07) is 0. The number of hydrogen-bond donors (Lipinski definition) is 2. The molecule has 1 spiro atoms. The lowest BCUT2D eigenvalue weighted by atomic mass is 9.85. The molecule has 0 bridgehead atoms. The van der Waals surface area contributed by atoms with Gasteiger partial charge in [-0.2, -0.15) is 12.6 Å². The fraction of sp³-hybridized carbons (Fsp3) is 1.00. The number of rotatable bonds is 1. The quantitative estimate of drug-likeness (QED) is 0.572. The SMILES string of the molecule is SC[C@@H]1CC[C@@]2(CCNC2)C1. The molecule has 0 unspecified atom stereocenters.